The van der Waals surface area contributed by atoms with Crippen LogP contribution in [0.4, 0.5) is 22.0 Å². The van der Waals surface area contributed by atoms with Crippen LogP contribution in [0.25, 0.3) is 149 Å². The molecule has 0 fully saturated rings. The van der Waals surface area contributed by atoms with Gasteiger partial charge in [-0.15, -0.1) is 0 Å². The van der Waals surface area contributed by atoms with E-state index < -0.39 is 34.6 Å². The Morgan fingerprint density at radius 2 is 0.569 bits per heavy atom. The number of para-hydroxylation sites is 5. The number of rotatable bonds is 5. The number of benzene rings is 8. The smallest absolute Gasteiger partial charge is 0.200 e. The third-order valence-corrected chi connectivity index (χ3v) is 18.6. The molecule has 20 rings (SSSR count). The minimum atomic E-state index is -2.27. The molecule has 486 valence electrons. The molecule has 0 atom stereocenters. The zero-order valence-electron chi connectivity index (χ0n) is 53.6. The second-order valence-corrected chi connectivity index (χ2v) is 24.4. The van der Waals surface area contributed by atoms with Crippen LogP contribution in [-0.2, 0) is 6.42 Å². The van der Waals surface area contributed by atoms with Crippen molar-refractivity contribution in [3.63, 3.8) is 0 Å². The zero-order valence-corrected chi connectivity index (χ0v) is 54.6. The molecular formula is C82H48F5N14P. The van der Waals surface area contributed by atoms with E-state index in [-0.39, 0.29) is 0 Å². The summed E-state index contributed by atoms with van der Waals surface area (Å²) in [6.07, 6.45) is 12.2. The molecule has 14 nitrogen and oxygen atoms in total. The number of pyridine rings is 6. The first kappa shape index (κ1) is 61.9. The van der Waals surface area contributed by atoms with Crippen LogP contribution in [0.15, 0.2) is 260 Å². The fourth-order valence-electron chi connectivity index (χ4n) is 14.6. The number of nitriles is 2. The van der Waals surface area contributed by atoms with Gasteiger partial charge in [0.25, 0.3) is 0 Å². The van der Waals surface area contributed by atoms with Crippen LogP contribution in [0, 0.1) is 51.7 Å². The lowest BCUT2D eigenvalue weighted by atomic mass is 10.0. The second kappa shape index (κ2) is 25.0. The molecule has 8 aromatic carbocycles. The summed E-state index contributed by atoms with van der Waals surface area (Å²) >= 11 is 0. The fourth-order valence-corrected chi connectivity index (χ4v) is 14.6. The van der Waals surface area contributed by atoms with Crippen LogP contribution < -0.4 is 0 Å². The maximum Gasteiger partial charge on any atom is 0.200 e. The second-order valence-electron chi connectivity index (χ2n) is 24.0. The van der Waals surface area contributed by atoms with E-state index in [9.17, 15) is 27.2 Å². The Hall–Kier alpha value is -13.6. The highest BCUT2D eigenvalue weighted by molar-refractivity contribution is 7.03. The highest BCUT2D eigenvalue weighted by Gasteiger charge is 2.37. The van der Waals surface area contributed by atoms with E-state index in [1.165, 1.54) is 16.7 Å². The van der Waals surface area contributed by atoms with Crippen molar-refractivity contribution in [2.45, 2.75) is 6.42 Å². The average molecular weight is 1360 g/mol. The first-order valence-corrected chi connectivity index (χ1v) is 32.7. The Labute approximate surface area is 577 Å². The average Bonchev–Trinajstić information content (AvgIpc) is 1.46. The van der Waals surface area contributed by atoms with Crippen LogP contribution >= 0.6 is 9.03 Å². The Morgan fingerprint density at radius 3 is 0.912 bits per heavy atom. The number of hydrogen-bond donors (Lipinski definition) is 0. The van der Waals surface area contributed by atoms with Gasteiger partial charge in [-0.05, 0) is 117 Å². The lowest BCUT2D eigenvalue weighted by Gasteiger charge is -2.29. The minimum absolute atomic E-state index is 0.426. The molecule has 0 radical (unpaired) electrons. The molecule has 0 saturated heterocycles. The first-order chi connectivity index (χ1) is 50.1. The number of fused-ring (bicyclic) bond motifs is 18. The summed E-state index contributed by atoms with van der Waals surface area (Å²) in [4.78, 5) is 29.9. The van der Waals surface area contributed by atoms with Crippen LogP contribution in [0.1, 0.15) is 22.3 Å². The van der Waals surface area contributed by atoms with Crippen molar-refractivity contribution < 1.29 is 22.0 Å². The van der Waals surface area contributed by atoms with Crippen LogP contribution in [0.2, 0.25) is 0 Å². The van der Waals surface area contributed by atoms with Crippen molar-refractivity contribution in [1.82, 2.24) is 52.7 Å². The Morgan fingerprint density at radius 1 is 0.314 bits per heavy atom. The van der Waals surface area contributed by atoms with E-state index in [2.05, 4.69) is 230 Å². The van der Waals surface area contributed by atoms with E-state index in [1.807, 2.05) is 73.6 Å². The SMILES string of the molecule is CN=P.N#Cc1c(-n2c3ccccc3c3ncccc32)c(-n2c3ccccc3c3ncccc32)c(-n2c3ccccc3c3ncccc32)c(-n2c3ccccc3c3ncccc32)c1-n1c2ccccc2c2ncccc21.N#Cc1c(F)c(F)c(F)c(F)c1F.c1ccc2c(c1)Cc1cccnc1-2. The third-order valence-electron chi connectivity index (χ3n) is 18.6. The zero-order chi connectivity index (χ0) is 69.4. The standard InChI is InChI=1S/C62H35N11.C12H9N.C7F5N.CH4NP/c63-36-42-58(69-43-21-6-1-16-37(43)53-48(69)26-11-31-64-53)60(71-45-23-8-3-18-39(45)55-50(71)28-13-33-66-55)62(73-47-25-10-5-20-41(47)57-52(73)30-15-35-68-57)61(72-46-24-9-4-19-40(46)56-51(72)29-14-34-67-56)59(42)70-44-22-7-2-17-38(44)54-49(70)27-12-32-65-54;1-2-6-11-9(4-1)8-10-5-3-7-13-12(10)11;8-3-2(1-13)4(9)6(11)7(12)5(3)10;1-2-3/h1-35H;1-7H,8H2;;3H,1H3. The van der Waals surface area contributed by atoms with Gasteiger partial charge in [-0.1, -0.05) is 121 Å². The van der Waals surface area contributed by atoms with Gasteiger partial charge in [0.05, 0.1) is 117 Å². The van der Waals surface area contributed by atoms with Crippen molar-refractivity contribution in [3.05, 3.63) is 307 Å². The normalized spacial score (nSPS) is 11.6. The highest BCUT2D eigenvalue weighted by atomic mass is 31.0. The molecule has 0 amide bonds. The topological polar surface area (TPSA) is 162 Å². The Balaban J connectivity index is 0.000000221. The van der Waals surface area contributed by atoms with Gasteiger partial charge in [-0.3, -0.25) is 34.6 Å². The summed E-state index contributed by atoms with van der Waals surface area (Å²) in [5.41, 5.74) is 20.8. The first-order valence-electron chi connectivity index (χ1n) is 32.2. The molecular weight excluding hydrogens is 1310 g/mol. The van der Waals surface area contributed by atoms with E-state index >= 15 is 0 Å². The number of aromatic nitrogens is 11. The summed E-state index contributed by atoms with van der Waals surface area (Å²) < 4.78 is 76.7. The van der Waals surface area contributed by atoms with E-state index in [1.54, 1.807) is 7.05 Å². The predicted octanol–water partition coefficient (Wildman–Crippen LogP) is 19.9. The van der Waals surface area contributed by atoms with Crippen LogP contribution in [0.5, 0.6) is 0 Å². The van der Waals surface area contributed by atoms with Gasteiger partial charge < -0.3 is 22.8 Å². The summed E-state index contributed by atoms with van der Waals surface area (Å²) in [5.74, 6) is -10.7. The molecule has 11 heterocycles. The molecule has 0 unspecified atom stereocenters. The minimum Gasteiger partial charge on any atom is -0.304 e. The molecule has 19 aromatic rings. The summed E-state index contributed by atoms with van der Waals surface area (Å²) in [6.45, 7) is 0. The molecule has 0 bridgehead atoms. The van der Waals surface area contributed by atoms with E-state index in [4.69, 9.17) is 30.2 Å². The molecule has 102 heavy (non-hydrogen) atoms. The molecule has 0 spiro atoms. The Bertz CT molecular complexity index is 6200. The molecule has 1 aliphatic rings. The van der Waals surface area contributed by atoms with Gasteiger partial charge in [-0.2, -0.15) is 10.5 Å². The summed E-state index contributed by atoms with van der Waals surface area (Å²) in [6, 6.07) is 79.2. The number of hydrogen-bond acceptors (Lipinski definition) is 9. The largest absolute Gasteiger partial charge is 0.304 e. The van der Waals surface area contributed by atoms with Gasteiger partial charge >= 0.3 is 0 Å². The van der Waals surface area contributed by atoms with E-state index in [0.717, 1.165) is 145 Å². The Kier molecular flexibility index (Phi) is 15.2. The van der Waals surface area contributed by atoms with Gasteiger partial charge in [0, 0.05) is 83.1 Å². The third kappa shape index (κ3) is 9.43. The maximum absolute atomic E-state index is 12.8. The maximum atomic E-state index is 12.8. The van der Waals surface area contributed by atoms with Crippen molar-refractivity contribution in [2.24, 2.45) is 4.74 Å². The van der Waals surface area contributed by atoms with Crippen molar-refractivity contribution >= 4 is 119 Å². The van der Waals surface area contributed by atoms with Crippen LogP contribution in [0.3, 0.4) is 0 Å². The molecule has 1 aliphatic carbocycles. The molecule has 11 aromatic heterocycles. The monoisotopic (exact) mass is 1350 g/mol. The highest BCUT2D eigenvalue weighted by Crippen LogP contribution is 2.51. The van der Waals surface area contributed by atoms with Gasteiger partial charge in [0.1, 0.15) is 23.3 Å². The predicted molar refractivity (Wildman–Crippen MR) is 392 cm³/mol. The van der Waals surface area contributed by atoms with Crippen molar-refractivity contribution in [2.75, 3.05) is 7.05 Å². The number of nitrogens with zero attached hydrogens (tertiary/aromatic N) is 14. The fraction of sp³-hybridized carbons (Fsp3) is 0.0244. The summed E-state index contributed by atoms with van der Waals surface area (Å²) in [7, 11) is 4.47. The quantitative estimate of drug-likeness (QED) is 0.0712. The van der Waals surface area contributed by atoms with E-state index in [0.29, 0.717) is 16.9 Å². The van der Waals surface area contributed by atoms with Crippen LogP contribution in [-0.4, -0.2) is 59.8 Å². The molecule has 0 aliphatic heterocycles. The number of halogens is 5. The molecule has 0 saturated carbocycles. The van der Waals surface area contributed by atoms with Crippen molar-refractivity contribution in [1.29, 1.82) is 10.5 Å². The lowest BCUT2D eigenvalue weighted by Crippen LogP contribution is -2.18. The molecule has 0 N–H and O–H groups in total. The summed E-state index contributed by atoms with van der Waals surface area (Å²) in [5, 5.41) is 25.7. The van der Waals surface area contributed by atoms with Gasteiger partial charge in [-0.25, -0.2) is 22.0 Å². The van der Waals surface area contributed by atoms with Gasteiger partial charge in [0.2, 0.25) is 5.82 Å². The van der Waals surface area contributed by atoms with Gasteiger partial charge in [0.15, 0.2) is 23.3 Å². The van der Waals surface area contributed by atoms with Crippen molar-refractivity contribution in [3.8, 4) is 51.8 Å². The lowest BCUT2D eigenvalue weighted by molar-refractivity contribution is 0.376. The molecule has 20 heteroatoms.